The molecule has 5 nitrogen and oxygen atoms in total. The van der Waals surface area contributed by atoms with E-state index in [9.17, 15) is 0 Å². The molecule has 0 spiro atoms. The van der Waals surface area contributed by atoms with E-state index < -0.39 is 0 Å². The molecule has 0 aliphatic rings. The molecule has 2 aromatic heterocycles. The van der Waals surface area contributed by atoms with Gasteiger partial charge in [-0.1, -0.05) is 48.0 Å². The summed E-state index contributed by atoms with van der Waals surface area (Å²) in [5.74, 6) is 0. The second kappa shape index (κ2) is 7.57. The average molecular weight is 402 g/mol. The summed E-state index contributed by atoms with van der Waals surface area (Å²) in [5, 5.41) is 18.8. The molecule has 0 saturated carbocycles. The van der Waals surface area contributed by atoms with Gasteiger partial charge in [0.15, 0.2) is 0 Å². The zero-order valence-electron chi connectivity index (χ0n) is 16.5. The molecule has 0 saturated heterocycles. The monoisotopic (exact) mass is 401 g/mol. The molecule has 2 aromatic carbocycles. The van der Waals surface area contributed by atoms with Crippen molar-refractivity contribution in [3.05, 3.63) is 82.3 Å². The summed E-state index contributed by atoms with van der Waals surface area (Å²) in [6.07, 6.45) is 1.90. The van der Waals surface area contributed by atoms with Crippen molar-refractivity contribution in [2.75, 3.05) is 0 Å². The van der Waals surface area contributed by atoms with E-state index in [2.05, 4.69) is 30.2 Å². The number of rotatable bonds is 4. The van der Waals surface area contributed by atoms with Crippen LogP contribution >= 0.6 is 11.6 Å². The number of halogens is 1. The van der Waals surface area contributed by atoms with E-state index in [1.165, 1.54) is 0 Å². The van der Waals surface area contributed by atoms with E-state index in [1.807, 2.05) is 59.9 Å². The van der Waals surface area contributed by atoms with Gasteiger partial charge < -0.3 is 0 Å². The number of aromatic nitrogens is 4. The van der Waals surface area contributed by atoms with Crippen molar-refractivity contribution in [2.24, 2.45) is 7.05 Å². The van der Waals surface area contributed by atoms with Gasteiger partial charge in [-0.25, -0.2) is 0 Å². The average Bonchev–Trinajstić information content (AvgIpc) is 3.21. The van der Waals surface area contributed by atoms with Crippen LogP contribution in [0.25, 0.3) is 22.4 Å². The van der Waals surface area contributed by atoms with E-state index in [0.717, 1.165) is 39.3 Å². The summed E-state index contributed by atoms with van der Waals surface area (Å²) in [6.45, 7) is 4.67. The molecule has 4 aromatic rings. The summed E-state index contributed by atoms with van der Waals surface area (Å²) in [7, 11) is 1.96. The van der Waals surface area contributed by atoms with Gasteiger partial charge in [-0.2, -0.15) is 15.5 Å². The molecule has 0 atom stereocenters. The van der Waals surface area contributed by atoms with Gasteiger partial charge >= 0.3 is 0 Å². The lowest BCUT2D eigenvalue weighted by atomic mass is 10.0. The smallest absolute Gasteiger partial charge is 0.101 e. The molecule has 0 unspecified atom stereocenters. The fourth-order valence-electron chi connectivity index (χ4n) is 3.76. The predicted octanol–water partition coefficient (Wildman–Crippen LogP) is 5.14. The van der Waals surface area contributed by atoms with Gasteiger partial charge in [0, 0.05) is 29.4 Å². The molecule has 0 bridgehead atoms. The Morgan fingerprint density at radius 3 is 2.52 bits per heavy atom. The maximum atomic E-state index is 9.12. The number of hydrogen-bond donors (Lipinski definition) is 0. The molecular weight excluding hydrogens is 382 g/mol. The minimum atomic E-state index is 0.454. The lowest BCUT2D eigenvalue weighted by molar-refractivity contribution is 0.659. The highest BCUT2D eigenvalue weighted by Crippen LogP contribution is 2.31. The predicted molar refractivity (Wildman–Crippen MR) is 115 cm³/mol. The van der Waals surface area contributed by atoms with Crippen molar-refractivity contribution >= 4 is 11.6 Å². The molecule has 6 heteroatoms. The maximum absolute atomic E-state index is 9.12. The Kier molecular flexibility index (Phi) is 4.96. The standard InChI is InChI=1S/C23H20ClN5/c1-15-22(18-9-10-19(12-25)21(24)11-18)16(2)29(27-15)14-20-13-26-28(3)23(20)17-7-5-4-6-8-17/h4-11,13H,14H2,1-3H3. The minimum absolute atomic E-state index is 0.454. The van der Waals surface area contributed by atoms with Gasteiger partial charge in [0.1, 0.15) is 6.07 Å². The zero-order valence-corrected chi connectivity index (χ0v) is 17.3. The Hall–Kier alpha value is -3.36. The molecular formula is C23H20ClN5. The van der Waals surface area contributed by atoms with Crippen molar-refractivity contribution in [3.63, 3.8) is 0 Å². The Bertz CT molecular complexity index is 1230. The first kappa shape index (κ1) is 19.0. The highest BCUT2D eigenvalue weighted by Gasteiger charge is 2.17. The van der Waals surface area contributed by atoms with Gasteiger partial charge in [0.25, 0.3) is 0 Å². The first-order chi connectivity index (χ1) is 14.0. The number of nitrogens with zero attached hydrogens (tertiary/aromatic N) is 5. The van der Waals surface area contributed by atoms with Crippen LogP contribution in [0.1, 0.15) is 22.5 Å². The molecule has 144 valence electrons. The Morgan fingerprint density at radius 2 is 1.83 bits per heavy atom. The number of hydrogen-bond acceptors (Lipinski definition) is 3. The zero-order chi connectivity index (χ0) is 20.5. The second-order valence-electron chi connectivity index (χ2n) is 7.02. The number of nitriles is 1. The van der Waals surface area contributed by atoms with Crippen LogP contribution in [0.4, 0.5) is 0 Å². The molecule has 0 fully saturated rings. The van der Waals surface area contributed by atoms with Gasteiger partial charge in [-0.05, 0) is 31.5 Å². The van der Waals surface area contributed by atoms with Crippen LogP contribution in [-0.4, -0.2) is 19.6 Å². The third-order valence-electron chi connectivity index (χ3n) is 5.14. The van der Waals surface area contributed by atoms with Crippen molar-refractivity contribution in [2.45, 2.75) is 20.4 Å². The van der Waals surface area contributed by atoms with Crippen molar-refractivity contribution in [1.29, 1.82) is 5.26 Å². The maximum Gasteiger partial charge on any atom is 0.101 e. The fraction of sp³-hybridized carbons (Fsp3) is 0.174. The molecule has 29 heavy (non-hydrogen) atoms. The number of aryl methyl sites for hydroxylation is 2. The first-order valence-electron chi connectivity index (χ1n) is 9.30. The molecule has 0 aliphatic carbocycles. The van der Waals surface area contributed by atoms with E-state index in [4.69, 9.17) is 22.0 Å². The lowest BCUT2D eigenvalue weighted by Gasteiger charge is -2.09. The van der Waals surface area contributed by atoms with Gasteiger partial charge in [0.05, 0.1) is 34.7 Å². The van der Waals surface area contributed by atoms with E-state index in [0.29, 0.717) is 17.1 Å². The van der Waals surface area contributed by atoms with Crippen LogP contribution in [0.5, 0.6) is 0 Å². The third-order valence-corrected chi connectivity index (χ3v) is 5.45. The molecule has 0 radical (unpaired) electrons. The fourth-order valence-corrected chi connectivity index (χ4v) is 3.98. The highest BCUT2D eigenvalue weighted by molar-refractivity contribution is 6.32. The second-order valence-corrected chi connectivity index (χ2v) is 7.43. The summed E-state index contributed by atoms with van der Waals surface area (Å²) in [6, 6.07) is 17.9. The van der Waals surface area contributed by atoms with Gasteiger partial charge in [-0.3, -0.25) is 9.36 Å². The lowest BCUT2D eigenvalue weighted by Crippen LogP contribution is -2.05. The number of benzene rings is 2. The topological polar surface area (TPSA) is 59.4 Å². The van der Waals surface area contributed by atoms with Crippen LogP contribution in [-0.2, 0) is 13.6 Å². The van der Waals surface area contributed by atoms with Crippen molar-refractivity contribution in [3.8, 4) is 28.5 Å². The van der Waals surface area contributed by atoms with Crippen LogP contribution in [0, 0.1) is 25.2 Å². The van der Waals surface area contributed by atoms with Gasteiger partial charge in [0.2, 0.25) is 0 Å². The van der Waals surface area contributed by atoms with E-state index in [1.54, 1.807) is 6.07 Å². The van der Waals surface area contributed by atoms with Crippen molar-refractivity contribution < 1.29 is 0 Å². The Morgan fingerprint density at radius 1 is 1.07 bits per heavy atom. The summed E-state index contributed by atoms with van der Waals surface area (Å²) >= 11 is 6.25. The summed E-state index contributed by atoms with van der Waals surface area (Å²) < 4.78 is 3.90. The molecule has 0 amide bonds. The highest BCUT2D eigenvalue weighted by atomic mass is 35.5. The normalized spacial score (nSPS) is 10.9. The van der Waals surface area contributed by atoms with Crippen LogP contribution in [0.2, 0.25) is 5.02 Å². The van der Waals surface area contributed by atoms with E-state index >= 15 is 0 Å². The molecule has 0 N–H and O–H groups in total. The third kappa shape index (κ3) is 3.43. The quantitative estimate of drug-likeness (QED) is 0.475. The Balaban J connectivity index is 1.74. The van der Waals surface area contributed by atoms with Crippen LogP contribution in [0.3, 0.4) is 0 Å². The van der Waals surface area contributed by atoms with Crippen LogP contribution in [0.15, 0.2) is 54.7 Å². The molecule has 4 rings (SSSR count). The first-order valence-corrected chi connectivity index (χ1v) is 9.67. The molecule has 2 heterocycles. The Labute approximate surface area is 174 Å². The van der Waals surface area contributed by atoms with E-state index in [-0.39, 0.29) is 0 Å². The minimum Gasteiger partial charge on any atom is -0.268 e. The largest absolute Gasteiger partial charge is 0.268 e. The molecule has 0 aliphatic heterocycles. The summed E-state index contributed by atoms with van der Waals surface area (Å²) in [5.41, 5.74) is 7.77. The SMILES string of the molecule is Cc1nn(Cc2cnn(C)c2-c2ccccc2)c(C)c1-c1ccc(C#N)c(Cl)c1. The van der Waals surface area contributed by atoms with Gasteiger partial charge in [-0.15, -0.1) is 0 Å². The van der Waals surface area contributed by atoms with Crippen LogP contribution < -0.4 is 0 Å². The summed E-state index contributed by atoms with van der Waals surface area (Å²) in [4.78, 5) is 0. The van der Waals surface area contributed by atoms with Crippen molar-refractivity contribution in [1.82, 2.24) is 19.6 Å².